The van der Waals surface area contributed by atoms with Crippen molar-refractivity contribution < 1.29 is 0 Å². The maximum absolute atomic E-state index is 3.63. The molecule has 0 aliphatic carbocycles. The molecule has 2 rings (SSSR count). The summed E-state index contributed by atoms with van der Waals surface area (Å²) in [6.45, 7) is 14.9. The molecule has 0 radical (unpaired) electrons. The highest BCUT2D eigenvalue weighted by Crippen LogP contribution is 2.19. The summed E-state index contributed by atoms with van der Waals surface area (Å²) in [6, 6.07) is 6.94. The van der Waals surface area contributed by atoms with E-state index < -0.39 is 0 Å². The molecule has 2 nitrogen and oxygen atoms in total. The number of hydrogen-bond acceptors (Lipinski definition) is 2. The van der Waals surface area contributed by atoms with Gasteiger partial charge in [0.25, 0.3) is 0 Å². The maximum atomic E-state index is 3.63. The van der Waals surface area contributed by atoms with Gasteiger partial charge in [0.05, 0.1) is 0 Å². The first-order valence-corrected chi connectivity index (χ1v) is 8.53. The normalized spacial score (nSPS) is 20.1. The molecular formula is C19H32N2. The second-order valence-electron chi connectivity index (χ2n) is 7.29. The smallest absolute Gasteiger partial charge is 0.0234 e. The van der Waals surface area contributed by atoms with Crippen molar-refractivity contribution in [3.05, 3.63) is 34.9 Å². The molecule has 1 aromatic rings. The summed E-state index contributed by atoms with van der Waals surface area (Å²) in [4.78, 5) is 2.64. The van der Waals surface area contributed by atoms with Gasteiger partial charge in [-0.2, -0.15) is 0 Å². The number of rotatable bonds is 6. The number of benzene rings is 1. The van der Waals surface area contributed by atoms with Crippen LogP contribution in [0.4, 0.5) is 0 Å². The van der Waals surface area contributed by atoms with Crippen LogP contribution in [0.3, 0.4) is 0 Å². The zero-order chi connectivity index (χ0) is 15.2. The van der Waals surface area contributed by atoms with Crippen LogP contribution in [0.25, 0.3) is 0 Å². The second kappa shape index (κ2) is 7.95. The molecule has 1 aliphatic rings. The fraction of sp³-hybridized carbons (Fsp3) is 0.684. The lowest BCUT2D eigenvalue weighted by Gasteiger charge is -2.33. The molecule has 1 fully saturated rings. The van der Waals surface area contributed by atoms with Crippen LogP contribution in [0.15, 0.2) is 18.2 Å². The minimum absolute atomic E-state index is 0.750. The molecule has 1 heterocycles. The summed E-state index contributed by atoms with van der Waals surface area (Å²) >= 11 is 0. The predicted molar refractivity (Wildman–Crippen MR) is 91.6 cm³/mol. The molecule has 118 valence electrons. The van der Waals surface area contributed by atoms with Crippen LogP contribution in [0, 0.1) is 25.7 Å². The van der Waals surface area contributed by atoms with E-state index >= 15 is 0 Å². The summed E-state index contributed by atoms with van der Waals surface area (Å²) in [6.07, 6.45) is 2.73. The number of nitrogens with zero attached hydrogens (tertiary/aromatic N) is 1. The maximum Gasteiger partial charge on any atom is 0.0234 e. The third-order valence-electron chi connectivity index (χ3n) is 4.28. The monoisotopic (exact) mass is 288 g/mol. The SMILES string of the molecule is Cc1cc(C)cc(CN2CCCC(CNCC(C)C)C2)c1. The Labute approximate surface area is 130 Å². The van der Waals surface area contributed by atoms with Gasteiger partial charge < -0.3 is 5.32 Å². The molecule has 1 unspecified atom stereocenters. The molecule has 0 aromatic heterocycles. The van der Waals surface area contributed by atoms with Gasteiger partial charge in [-0.05, 0) is 63.7 Å². The average molecular weight is 288 g/mol. The van der Waals surface area contributed by atoms with Crippen molar-refractivity contribution in [3.63, 3.8) is 0 Å². The summed E-state index contributed by atoms with van der Waals surface area (Å²) in [5.74, 6) is 1.57. The topological polar surface area (TPSA) is 15.3 Å². The van der Waals surface area contributed by atoms with E-state index in [1.54, 1.807) is 0 Å². The predicted octanol–water partition coefficient (Wildman–Crippen LogP) is 3.76. The number of nitrogens with one attached hydrogen (secondary N) is 1. The van der Waals surface area contributed by atoms with Crippen LogP contribution in [-0.4, -0.2) is 31.1 Å². The quantitative estimate of drug-likeness (QED) is 0.857. The molecule has 0 amide bonds. The van der Waals surface area contributed by atoms with Gasteiger partial charge in [0.2, 0.25) is 0 Å². The van der Waals surface area contributed by atoms with E-state index in [2.05, 4.69) is 56.1 Å². The summed E-state index contributed by atoms with van der Waals surface area (Å²) in [5, 5.41) is 3.63. The Hall–Kier alpha value is -0.860. The lowest BCUT2D eigenvalue weighted by molar-refractivity contribution is 0.165. The number of likely N-dealkylation sites (tertiary alicyclic amines) is 1. The fourth-order valence-electron chi connectivity index (χ4n) is 3.46. The largest absolute Gasteiger partial charge is 0.316 e. The van der Waals surface area contributed by atoms with Crippen LogP contribution in [0.1, 0.15) is 43.4 Å². The van der Waals surface area contributed by atoms with Gasteiger partial charge in [-0.25, -0.2) is 0 Å². The molecule has 0 saturated carbocycles. The molecule has 0 bridgehead atoms. The van der Waals surface area contributed by atoms with E-state index in [1.165, 1.54) is 49.2 Å². The highest BCUT2D eigenvalue weighted by atomic mass is 15.1. The lowest BCUT2D eigenvalue weighted by Crippen LogP contribution is -2.39. The molecule has 1 atom stereocenters. The number of hydrogen-bond donors (Lipinski definition) is 1. The van der Waals surface area contributed by atoms with Gasteiger partial charge in [-0.1, -0.05) is 43.2 Å². The van der Waals surface area contributed by atoms with E-state index in [1.807, 2.05) is 0 Å². The molecule has 1 aliphatic heterocycles. The van der Waals surface area contributed by atoms with Crippen LogP contribution < -0.4 is 5.32 Å². The number of aryl methyl sites for hydroxylation is 2. The first-order valence-electron chi connectivity index (χ1n) is 8.53. The van der Waals surface area contributed by atoms with Gasteiger partial charge >= 0.3 is 0 Å². The Morgan fingerprint density at radius 3 is 2.57 bits per heavy atom. The van der Waals surface area contributed by atoms with Gasteiger partial charge in [-0.15, -0.1) is 0 Å². The zero-order valence-corrected chi connectivity index (χ0v) is 14.3. The Balaban J connectivity index is 1.83. The van der Waals surface area contributed by atoms with Crippen molar-refractivity contribution in [1.29, 1.82) is 0 Å². The fourth-order valence-corrected chi connectivity index (χ4v) is 3.46. The van der Waals surface area contributed by atoms with E-state index in [0.717, 1.165) is 24.9 Å². The van der Waals surface area contributed by atoms with Crippen molar-refractivity contribution in [1.82, 2.24) is 10.2 Å². The zero-order valence-electron chi connectivity index (χ0n) is 14.3. The van der Waals surface area contributed by atoms with Crippen molar-refractivity contribution in [2.45, 2.75) is 47.1 Å². The summed E-state index contributed by atoms with van der Waals surface area (Å²) < 4.78 is 0. The van der Waals surface area contributed by atoms with E-state index in [0.29, 0.717) is 0 Å². The Kier molecular flexibility index (Phi) is 6.25. The van der Waals surface area contributed by atoms with Gasteiger partial charge in [0.1, 0.15) is 0 Å². The standard InChI is InChI=1S/C19H32N2/c1-15(2)11-20-12-18-6-5-7-21(13-18)14-19-9-16(3)8-17(4)10-19/h8-10,15,18,20H,5-7,11-14H2,1-4H3. The Morgan fingerprint density at radius 2 is 1.90 bits per heavy atom. The first kappa shape index (κ1) is 16.5. The number of piperidine rings is 1. The van der Waals surface area contributed by atoms with Gasteiger partial charge in [0.15, 0.2) is 0 Å². The molecular weight excluding hydrogens is 256 g/mol. The van der Waals surface area contributed by atoms with Gasteiger partial charge in [0, 0.05) is 13.1 Å². The van der Waals surface area contributed by atoms with Crippen molar-refractivity contribution in [3.8, 4) is 0 Å². The van der Waals surface area contributed by atoms with Crippen molar-refractivity contribution >= 4 is 0 Å². The average Bonchev–Trinajstić information content (AvgIpc) is 2.37. The third kappa shape index (κ3) is 5.80. The molecule has 1 N–H and O–H groups in total. The lowest BCUT2D eigenvalue weighted by atomic mass is 9.97. The first-order chi connectivity index (χ1) is 10.0. The Bertz CT molecular complexity index is 419. The van der Waals surface area contributed by atoms with Crippen LogP contribution in [0.5, 0.6) is 0 Å². The second-order valence-corrected chi connectivity index (χ2v) is 7.29. The van der Waals surface area contributed by atoms with Crippen molar-refractivity contribution in [2.75, 3.05) is 26.2 Å². The van der Waals surface area contributed by atoms with E-state index in [-0.39, 0.29) is 0 Å². The van der Waals surface area contributed by atoms with Crippen LogP contribution >= 0.6 is 0 Å². The summed E-state index contributed by atoms with van der Waals surface area (Å²) in [7, 11) is 0. The Morgan fingerprint density at radius 1 is 1.19 bits per heavy atom. The summed E-state index contributed by atoms with van der Waals surface area (Å²) in [5.41, 5.74) is 4.25. The van der Waals surface area contributed by atoms with Crippen molar-refractivity contribution in [2.24, 2.45) is 11.8 Å². The van der Waals surface area contributed by atoms with Gasteiger partial charge in [-0.3, -0.25) is 4.90 Å². The third-order valence-corrected chi connectivity index (χ3v) is 4.28. The molecule has 21 heavy (non-hydrogen) atoms. The molecule has 1 aromatic carbocycles. The van der Waals surface area contributed by atoms with E-state index in [9.17, 15) is 0 Å². The minimum Gasteiger partial charge on any atom is -0.316 e. The van der Waals surface area contributed by atoms with Crippen LogP contribution in [-0.2, 0) is 6.54 Å². The highest BCUT2D eigenvalue weighted by Gasteiger charge is 2.19. The molecule has 0 spiro atoms. The molecule has 2 heteroatoms. The molecule has 1 saturated heterocycles. The van der Waals surface area contributed by atoms with Crippen LogP contribution in [0.2, 0.25) is 0 Å². The van der Waals surface area contributed by atoms with E-state index in [4.69, 9.17) is 0 Å². The highest BCUT2D eigenvalue weighted by molar-refractivity contribution is 5.28. The minimum atomic E-state index is 0.750.